The van der Waals surface area contributed by atoms with Gasteiger partial charge in [0.2, 0.25) is 0 Å². The van der Waals surface area contributed by atoms with E-state index in [-0.39, 0.29) is 17.5 Å². The van der Waals surface area contributed by atoms with Crippen LogP contribution in [0.5, 0.6) is 5.75 Å². The summed E-state index contributed by atoms with van der Waals surface area (Å²) in [5, 5.41) is 0.553. The molecule has 136 valence electrons. The number of halogens is 1. The highest BCUT2D eigenvalue weighted by atomic mass is 35.5. The van der Waals surface area contributed by atoms with E-state index >= 15 is 0 Å². The molecule has 2 aliphatic heterocycles. The molecule has 2 aromatic rings. The van der Waals surface area contributed by atoms with Crippen molar-refractivity contribution in [1.29, 1.82) is 0 Å². The average Bonchev–Trinajstić information content (AvgIpc) is 3.04. The highest BCUT2D eigenvalue weighted by Gasteiger charge is 2.54. The van der Waals surface area contributed by atoms with Crippen LogP contribution in [0.4, 0.5) is 16.2 Å². The van der Waals surface area contributed by atoms with Crippen molar-refractivity contribution in [2.24, 2.45) is 0 Å². The molecule has 0 radical (unpaired) electrons. The second-order valence-corrected chi connectivity index (χ2v) is 8.97. The number of hydrogen-bond acceptors (Lipinski definition) is 4. The number of ether oxygens (including phenoxy) is 1. The quantitative estimate of drug-likeness (QED) is 0.753. The smallest absolute Gasteiger partial charge is 0.329 e. The zero-order valence-corrected chi connectivity index (χ0v) is 15.6. The summed E-state index contributed by atoms with van der Waals surface area (Å²) < 4.78 is 30.0. The molecule has 2 aromatic carbocycles. The molecule has 2 heterocycles. The number of fused-ring (bicyclic) bond motifs is 1. The number of para-hydroxylation sites is 2. The van der Waals surface area contributed by atoms with Crippen LogP contribution in [0.15, 0.2) is 48.5 Å². The Bertz CT molecular complexity index is 961. The normalized spacial score (nSPS) is 24.0. The standard InChI is InChI=1S/C18H17ClN2O4S/c1-25-17-5-3-2-4-14(17)21-16-11-26(23,24)10-15(16)20(18(21)22)13-8-6-12(19)7-9-13/h2-9,15-16H,10-11H2,1H3/t15-,16+/m0/s1. The predicted molar refractivity (Wildman–Crippen MR) is 101 cm³/mol. The van der Waals surface area contributed by atoms with Gasteiger partial charge in [-0.2, -0.15) is 0 Å². The number of carbonyl (C=O) groups excluding carboxylic acids is 1. The van der Waals surface area contributed by atoms with Gasteiger partial charge in [0.15, 0.2) is 9.84 Å². The fraction of sp³-hybridized carbons (Fsp3) is 0.278. The van der Waals surface area contributed by atoms with Crippen LogP contribution in [0.25, 0.3) is 0 Å². The van der Waals surface area contributed by atoms with Crippen molar-refractivity contribution in [2.75, 3.05) is 28.4 Å². The van der Waals surface area contributed by atoms with Crippen molar-refractivity contribution in [1.82, 2.24) is 0 Å². The number of sulfone groups is 1. The lowest BCUT2D eigenvalue weighted by Gasteiger charge is -2.24. The fourth-order valence-corrected chi connectivity index (χ4v) is 5.76. The van der Waals surface area contributed by atoms with E-state index in [9.17, 15) is 13.2 Å². The third-order valence-corrected chi connectivity index (χ3v) is 6.77. The summed E-state index contributed by atoms with van der Waals surface area (Å²) in [6.45, 7) is 0. The number of amides is 2. The summed E-state index contributed by atoms with van der Waals surface area (Å²) in [6.07, 6.45) is 0. The molecule has 0 saturated carbocycles. The van der Waals surface area contributed by atoms with Crippen molar-refractivity contribution in [3.8, 4) is 5.75 Å². The van der Waals surface area contributed by atoms with Crippen LogP contribution < -0.4 is 14.5 Å². The minimum atomic E-state index is -3.24. The molecule has 2 amide bonds. The molecule has 2 aliphatic rings. The number of benzene rings is 2. The number of carbonyl (C=O) groups is 1. The maximum Gasteiger partial charge on any atom is 0.329 e. The molecule has 0 aliphatic carbocycles. The lowest BCUT2D eigenvalue weighted by atomic mass is 10.1. The van der Waals surface area contributed by atoms with Crippen LogP contribution in [-0.4, -0.2) is 45.1 Å². The van der Waals surface area contributed by atoms with Gasteiger partial charge in [0.05, 0.1) is 36.4 Å². The summed E-state index contributed by atoms with van der Waals surface area (Å²) in [6, 6.07) is 12.8. The van der Waals surface area contributed by atoms with Gasteiger partial charge < -0.3 is 4.74 Å². The van der Waals surface area contributed by atoms with E-state index in [0.717, 1.165) is 0 Å². The Hall–Kier alpha value is -2.25. The number of anilines is 2. The predicted octanol–water partition coefficient (Wildman–Crippen LogP) is 2.96. The molecule has 4 rings (SSSR count). The Balaban J connectivity index is 1.83. The van der Waals surface area contributed by atoms with Crippen molar-refractivity contribution in [3.05, 3.63) is 53.6 Å². The van der Waals surface area contributed by atoms with E-state index in [1.807, 2.05) is 6.07 Å². The van der Waals surface area contributed by atoms with E-state index in [1.54, 1.807) is 52.3 Å². The van der Waals surface area contributed by atoms with Crippen LogP contribution in [0, 0.1) is 0 Å². The van der Waals surface area contributed by atoms with Crippen molar-refractivity contribution in [2.45, 2.75) is 12.1 Å². The number of methoxy groups -OCH3 is 1. The first-order valence-corrected chi connectivity index (χ1v) is 10.3. The topological polar surface area (TPSA) is 66.9 Å². The summed E-state index contributed by atoms with van der Waals surface area (Å²) >= 11 is 5.95. The Morgan fingerprint density at radius 3 is 2.27 bits per heavy atom. The first-order chi connectivity index (χ1) is 12.4. The molecule has 0 spiro atoms. The number of urea groups is 1. The summed E-state index contributed by atoms with van der Waals surface area (Å²) in [4.78, 5) is 16.4. The largest absolute Gasteiger partial charge is 0.495 e. The van der Waals surface area contributed by atoms with E-state index in [0.29, 0.717) is 22.1 Å². The Morgan fingerprint density at radius 1 is 1.00 bits per heavy atom. The Labute approximate surface area is 156 Å². The van der Waals surface area contributed by atoms with Crippen LogP contribution >= 0.6 is 11.6 Å². The van der Waals surface area contributed by atoms with Crippen LogP contribution in [0.3, 0.4) is 0 Å². The Kier molecular flexibility index (Phi) is 4.08. The number of nitrogens with zero attached hydrogens (tertiary/aromatic N) is 2. The van der Waals surface area contributed by atoms with Gasteiger partial charge in [-0.3, -0.25) is 9.80 Å². The Morgan fingerprint density at radius 2 is 1.62 bits per heavy atom. The second-order valence-electron chi connectivity index (χ2n) is 6.38. The molecule has 8 heteroatoms. The SMILES string of the molecule is COc1ccccc1N1C(=O)N(c2ccc(Cl)cc2)[C@H]2CS(=O)(=O)C[C@H]21. The van der Waals surface area contributed by atoms with Crippen molar-refractivity contribution < 1.29 is 17.9 Å². The molecule has 2 atom stereocenters. The van der Waals surface area contributed by atoms with Gasteiger partial charge in [0, 0.05) is 10.7 Å². The highest BCUT2D eigenvalue weighted by Crippen LogP contribution is 2.41. The molecule has 0 N–H and O–H groups in total. The second kappa shape index (κ2) is 6.17. The van der Waals surface area contributed by atoms with E-state index in [2.05, 4.69) is 0 Å². The molecular weight excluding hydrogens is 376 g/mol. The van der Waals surface area contributed by atoms with Gasteiger partial charge in [-0.25, -0.2) is 13.2 Å². The summed E-state index contributed by atoms with van der Waals surface area (Å²) in [5.41, 5.74) is 1.20. The maximum absolute atomic E-state index is 13.3. The van der Waals surface area contributed by atoms with Gasteiger partial charge in [-0.05, 0) is 36.4 Å². The van der Waals surface area contributed by atoms with Gasteiger partial charge in [0.1, 0.15) is 5.75 Å². The van der Waals surface area contributed by atoms with Gasteiger partial charge in [-0.15, -0.1) is 0 Å². The van der Waals surface area contributed by atoms with Gasteiger partial charge in [-0.1, -0.05) is 23.7 Å². The molecule has 0 bridgehead atoms. The fourth-order valence-electron chi connectivity index (χ4n) is 3.72. The van der Waals surface area contributed by atoms with Crippen molar-refractivity contribution >= 4 is 38.8 Å². The van der Waals surface area contributed by atoms with Crippen LogP contribution in [-0.2, 0) is 9.84 Å². The van der Waals surface area contributed by atoms with Crippen LogP contribution in [0.2, 0.25) is 5.02 Å². The van der Waals surface area contributed by atoms with E-state index in [1.165, 1.54) is 7.11 Å². The molecule has 2 fully saturated rings. The number of hydrogen-bond donors (Lipinski definition) is 0. The lowest BCUT2D eigenvalue weighted by molar-refractivity contribution is 0.255. The van der Waals surface area contributed by atoms with Gasteiger partial charge in [0.25, 0.3) is 0 Å². The molecule has 2 saturated heterocycles. The van der Waals surface area contributed by atoms with Gasteiger partial charge >= 0.3 is 6.03 Å². The third-order valence-electron chi connectivity index (χ3n) is 4.82. The zero-order chi connectivity index (χ0) is 18.5. The van der Waals surface area contributed by atoms with E-state index < -0.39 is 21.9 Å². The monoisotopic (exact) mass is 392 g/mol. The average molecular weight is 393 g/mol. The van der Waals surface area contributed by atoms with Crippen LogP contribution in [0.1, 0.15) is 0 Å². The minimum absolute atomic E-state index is 0.0579. The minimum Gasteiger partial charge on any atom is -0.495 e. The first-order valence-electron chi connectivity index (χ1n) is 8.13. The zero-order valence-electron chi connectivity index (χ0n) is 14.0. The summed E-state index contributed by atoms with van der Waals surface area (Å²) in [7, 11) is -1.71. The van der Waals surface area contributed by atoms with Crippen molar-refractivity contribution in [3.63, 3.8) is 0 Å². The third kappa shape index (κ3) is 2.71. The molecule has 0 unspecified atom stereocenters. The molecular formula is C18H17ClN2O4S. The summed E-state index contributed by atoms with van der Waals surface area (Å²) in [5.74, 6) is 0.408. The highest BCUT2D eigenvalue weighted by molar-refractivity contribution is 7.91. The first kappa shape index (κ1) is 17.2. The molecule has 0 aromatic heterocycles. The molecule has 6 nitrogen and oxygen atoms in total. The van der Waals surface area contributed by atoms with E-state index in [4.69, 9.17) is 16.3 Å². The maximum atomic E-state index is 13.3. The lowest BCUT2D eigenvalue weighted by Crippen LogP contribution is -2.38. The number of rotatable bonds is 3. The molecule has 26 heavy (non-hydrogen) atoms.